The Labute approximate surface area is 137 Å². The van der Waals surface area contributed by atoms with Gasteiger partial charge < -0.3 is 9.15 Å². The normalized spacial score (nSPS) is 12.1. The quantitative estimate of drug-likeness (QED) is 0.659. The fourth-order valence-corrected chi connectivity index (χ4v) is 2.23. The van der Waals surface area contributed by atoms with Gasteiger partial charge in [0.25, 0.3) is 5.89 Å². The molecule has 0 unspecified atom stereocenters. The van der Waals surface area contributed by atoms with Gasteiger partial charge in [-0.2, -0.15) is 0 Å². The molecule has 0 fully saturated rings. The maximum Gasteiger partial charge on any atom is 0.257 e. The first kappa shape index (κ1) is 14.9. The number of hydrogen-bond donors (Lipinski definition) is 0. The van der Waals surface area contributed by atoms with E-state index in [1.54, 1.807) is 25.1 Å². The predicted molar refractivity (Wildman–Crippen MR) is 85.2 cm³/mol. The third-order valence-corrected chi connectivity index (χ3v) is 3.55. The van der Waals surface area contributed by atoms with Crippen LogP contribution in [0, 0.1) is 0 Å². The SMILES string of the molecule is C[C@@H](Oc1cc(Cl)ccc1Cl)c1nnc(-c2ccccc2)o1. The third-order valence-electron chi connectivity index (χ3n) is 3.01. The Morgan fingerprint density at radius 2 is 1.82 bits per heavy atom. The lowest BCUT2D eigenvalue weighted by molar-refractivity contribution is 0.190. The predicted octanol–water partition coefficient (Wildman–Crippen LogP) is 5.18. The Hall–Kier alpha value is -2.04. The summed E-state index contributed by atoms with van der Waals surface area (Å²) in [6.07, 6.45) is -0.444. The molecule has 0 bridgehead atoms. The summed E-state index contributed by atoms with van der Waals surface area (Å²) in [5.41, 5.74) is 0.856. The van der Waals surface area contributed by atoms with Crippen molar-refractivity contribution >= 4 is 23.2 Å². The van der Waals surface area contributed by atoms with E-state index in [1.165, 1.54) is 0 Å². The van der Waals surface area contributed by atoms with Gasteiger partial charge in [-0.15, -0.1) is 10.2 Å². The molecular formula is C16H12Cl2N2O2. The van der Waals surface area contributed by atoms with Crippen molar-refractivity contribution in [1.82, 2.24) is 10.2 Å². The minimum Gasteiger partial charge on any atom is -0.479 e. The molecule has 4 nitrogen and oxygen atoms in total. The average Bonchev–Trinajstić information content (AvgIpc) is 3.02. The molecular weight excluding hydrogens is 323 g/mol. The highest BCUT2D eigenvalue weighted by Crippen LogP contribution is 2.31. The molecule has 1 atom stereocenters. The second-order valence-electron chi connectivity index (χ2n) is 4.65. The lowest BCUT2D eigenvalue weighted by Crippen LogP contribution is -2.03. The van der Waals surface area contributed by atoms with Crippen molar-refractivity contribution in [2.24, 2.45) is 0 Å². The van der Waals surface area contributed by atoms with Gasteiger partial charge in [0, 0.05) is 16.7 Å². The first-order valence-electron chi connectivity index (χ1n) is 6.64. The topological polar surface area (TPSA) is 48.2 Å². The number of rotatable bonds is 4. The lowest BCUT2D eigenvalue weighted by atomic mass is 10.2. The number of hydrogen-bond acceptors (Lipinski definition) is 4. The van der Waals surface area contributed by atoms with E-state index in [2.05, 4.69) is 10.2 Å². The fraction of sp³-hybridized carbons (Fsp3) is 0.125. The summed E-state index contributed by atoms with van der Waals surface area (Å²) in [6.45, 7) is 1.81. The molecule has 3 aromatic rings. The number of nitrogens with zero attached hydrogens (tertiary/aromatic N) is 2. The zero-order valence-electron chi connectivity index (χ0n) is 11.7. The minimum absolute atomic E-state index is 0.370. The molecule has 0 saturated heterocycles. The molecule has 0 aliphatic heterocycles. The van der Waals surface area contributed by atoms with E-state index in [0.29, 0.717) is 27.6 Å². The van der Waals surface area contributed by atoms with E-state index in [9.17, 15) is 0 Å². The summed E-state index contributed by atoms with van der Waals surface area (Å²) in [4.78, 5) is 0. The van der Waals surface area contributed by atoms with E-state index in [0.717, 1.165) is 5.56 Å². The summed E-state index contributed by atoms with van der Waals surface area (Å²) in [7, 11) is 0. The molecule has 0 aliphatic rings. The molecule has 1 heterocycles. The van der Waals surface area contributed by atoms with E-state index in [1.807, 2.05) is 30.3 Å². The van der Waals surface area contributed by atoms with E-state index in [4.69, 9.17) is 32.4 Å². The molecule has 0 aliphatic carbocycles. The van der Waals surface area contributed by atoms with Crippen molar-refractivity contribution in [3.63, 3.8) is 0 Å². The van der Waals surface area contributed by atoms with Gasteiger partial charge in [0.1, 0.15) is 5.75 Å². The second-order valence-corrected chi connectivity index (χ2v) is 5.49. The zero-order chi connectivity index (χ0) is 15.5. The van der Waals surface area contributed by atoms with Crippen LogP contribution in [0.3, 0.4) is 0 Å². The molecule has 112 valence electrons. The minimum atomic E-state index is -0.444. The number of aromatic nitrogens is 2. The average molecular weight is 335 g/mol. The van der Waals surface area contributed by atoms with Gasteiger partial charge in [-0.3, -0.25) is 0 Å². The summed E-state index contributed by atoms with van der Waals surface area (Å²) < 4.78 is 11.4. The van der Waals surface area contributed by atoms with Crippen molar-refractivity contribution in [3.05, 3.63) is 64.5 Å². The van der Waals surface area contributed by atoms with Crippen LogP contribution < -0.4 is 4.74 Å². The van der Waals surface area contributed by atoms with Crippen LogP contribution in [0.4, 0.5) is 0 Å². The number of benzene rings is 2. The summed E-state index contributed by atoms with van der Waals surface area (Å²) in [5.74, 6) is 1.29. The first-order valence-corrected chi connectivity index (χ1v) is 7.39. The molecule has 22 heavy (non-hydrogen) atoms. The highest BCUT2D eigenvalue weighted by molar-refractivity contribution is 6.34. The zero-order valence-corrected chi connectivity index (χ0v) is 13.2. The molecule has 0 spiro atoms. The molecule has 0 N–H and O–H groups in total. The summed E-state index contributed by atoms with van der Waals surface area (Å²) >= 11 is 12.0. The Morgan fingerprint density at radius 3 is 2.59 bits per heavy atom. The fourth-order valence-electron chi connectivity index (χ4n) is 1.90. The van der Waals surface area contributed by atoms with Crippen molar-refractivity contribution in [2.75, 3.05) is 0 Å². The van der Waals surface area contributed by atoms with Crippen LogP contribution in [0.15, 0.2) is 52.9 Å². The Morgan fingerprint density at radius 1 is 1.05 bits per heavy atom. The smallest absolute Gasteiger partial charge is 0.257 e. The van der Waals surface area contributed by atoms with Crippen LogP contribution in [0.1, 0.15) is 18.9 Å². The van der Waals surface area contributed by atoms with Crippen LogP contribution in [0.5, 0.6) is 5.75 Å². The summed E-state index contributed by atoms with van der Waals surface area (Å²) in [5, 5.41) is 9.07. The molecule has 6 heteroatoms. The van der Waals surface area contributed by atoms with Crippen LogP contribution in [0.2, 0.25) is 10.0 Å². The Bertz CT molecular complexity index is 775. The van der Waals surface area contributed by atoms with E-state index in [-0.39, 0.29) is 0 Å². The molecule has 0 radical (unpaired) electrons. The highest BCUT2D eigenvalue weighted by Gasteiger charge is 2.17. The van der Waals surface area contributed by atoms with Gasteiger partial charge >= 0.3 is 0 Å². The molecule has 3 rings (SSSR count). The maximum atomic E-state index is 6.08. The molecule has 0 amide bonds. The standard InChI is InChI=1S/C16H12Cl2N2O2/c1-10(21-14-9-12(17)7-8-13(14)18)15-19-20-16(22-15)11-5-3-2-4-6-11/h2-10H,1H3/t10-/m1/s1. The first-order chi connectivity index (χ1) is 10.6. The van der Waals surface area contributed by atoms with Crippen LogP contribution in [-0.4, -0.2) is 10.2 Å². The van der Waals surface area contributed by atoms with Gasteiger partial charge in [0.15, 0.2) is 6.10 Å². The van der Waals surface area contributed by atoms with Gasteiger partial charge in [0.05, 0.1) is 5.02 Å². The van der Waals surface area contributed by atoms with Crippen molar-refractivity contribution < 1.29 is 9.15 Å². The van der Waals surface area contributed by atoms with Gasteiger partial charge in [0.2, 0.25) is 5.89 Å². The van der Waals surface area contributed by atoms with Crippen molar-refractivity contribution in [1.29, 1.82) is 0 Å². The van der Waals surface area contributed by atoms with Gasteiger partial charge in [-0.25, -0.2) is 0 Å². The summed E-state index contributed by atoms with van der Waals surface area (Å²) in [6, 6.07) is 14.6. The molecule has 1 aromatic heterocycles. The lowest BCUT2D eigenvalue weighted by Gasteiger charge is -2.12. The van der Waals surface area contributed by atoms with Crippen molar-refractivity contribution in [2.45, 2.75) is 13.0 Å². The van der Waals surface area contributed by atoms with E-state index < -0.39 is 6.10 Å². The molecule has 2 aromatic carbocycles. The third kappa shape index (κ3) is 3.24. The van der Waals surface area contributed by atoms with Crippen LogP contribution in [0.25, 0.3) is 11.5 Å². The van der Waals surface area contributed by atoms with E-state index >= 15 is 0 Å². The highest BCUT2D eigenvalue weighted by atomic mass is 35.5. The molecule has 0 saturated carbocycles. The van der Waals surface area contributed by atoms with Crippen molar-refractivity contribution in [3.8, 4) is 17.2 Å². The van der Waals surface area contributed by atoms with Crippen LogP contribution >= 0.6 is 23.2 Å². The maximum absolute atomic E-state index is 6.08. The Balaban J connectivity index is 1.80. The van der Waals surface area contributed by atoms with Gasteiger partial charge in [-0.05, 0) is 31.2 Å². The van der Waals surface area contributed by atoms with Crippen LogP contribution in [-0.2, 0) is 0 Å². The number of ether oxygens (including phenoxy) is 1. The second kappa shape index (κ2) is 6.38. The van der Waals surface area contributed by atoms with Gasteiger partial charge in [-0.1, -0.05) is 41.4 Å². The monoisotopic (exact) mass is 334 g/mol. The Kier molecular flexibility index (Phi) is 4.32. The largest absolute Gasteiger partial charge is 0.479 e. The number of halogens is 2.